The van der Waals surface area contributed by atoms with Crippen molar-refractivity contribution >= 4 is 23.2 Å². The first-order valence-electron chi connectivity index (χ1n) is 11.2. The average Bonchev–Trinajstić information content (AvgIpc) is 2.84. The summed E-state index contributed by atoms with van der Waals surface area (Å²) in [7, 11) is 0. The van der Waals surface area contributed by atoms with Gasteiger partial charge in [-0.3, -0.25) is 9.59 Å². The molecule has 0 aliphatic carbocycles. The average molecular weight is 445 g/mol. The number of rotatable bonds is 8. The number of benzene rings is 3. The molecule has 1 aliphatic rings. The van der Waals surface area contributed by atoms with Gasteiger partial charge >= 0.3 is 0 Å². The highest BCUT2D eigenvalue weighted by atomic mass is 16.5. The van der Waals surface area contributed by atoms with E-state index in [0.29, 0.717) is 29.4 Å². The van der Waals surface area contributed by atoms with Crippen molar-refractivity contribution in [2.75, 3.05) is 23.4 Å². The summed E-state index contributed by atoms with van der Waals surface area (Å²) < 4.78 is 11.4. The highest BCUT2D eigenvalue weighted by molar-refractivity contribution is 6.01. The third-order valence-corrected chi connectivity index (χ3v) is 5.62. The Morgan fingerprint density at radius 3 is 2.52 bits per heavy atom. The van der Waals surface area contributed by atoms with Gasteiger partial charge in [-0.15, -0.1) is 0 Å². The molecule has 1 N–H and O–H groups in total. The van der Waals surface area contributed by atoms with Gasteiger partial charge in [0.2, 0.25) is 0 Å². The zero-order chi connectivity index (χ0) is 23.2. The van der Waals surface area contributed by atoms with Crippen molar-refractivity contribution < 1.29 is 19.1 Å². The molecule has 2 amide bonds. The summed E-state index contributed by atoms with van der Waals surface area (Å²) in [5.74, 6) is 0.899. The predicted octanol–water partition coefficient (Wildman–Crippen LogP) is 4.62. The third-order valence-electron chi connectivity index (χ3n) is 5.62. The molecule has 6 nitrogen and oxygen atoms in total. The molecule has 1 unspecified atom stereocenters. The molecular weight excluding hydrogens is 416 g/mol. The van der Waals surface area contributed by atoms with Crippen LogP contribution in [0.4, 0.5) is 11.4 Å². The smallest absolute Gasteiger partial charge is 0.267 e. The molecule has 33 heavy (non-hydrogen) atoms. The number of amides is 2. The summed E-state index contributed by atoms with van der Waals surface area (Å²) in [4.78, 5) is 27.0. The second-order valence-corrected chi connectivity index (χ2v) is 8.00. The normalized spacial score (nSPS) is 14.9. The summed E-state index contributed by atoms with van der Waals surface area (Å²) in [6, 6.07) is 23.1. The predicted molar refractivity (Wildman–Crippen MR) is 129 cm³/mol. The molecule has 3 aromatic carbocycles. The molecule has 4 rings (SSSR count). The molecule has 0 fully saturated rings. The van der Waals surface area contributed by atoms with Gasteiger partial charge in [0.1, 0.15) is 11.5 Å². The van der Waals surface area contributed by atoms with Gasteiger partial charge in [0, 0.05) is 12.2 Å². The van der Waals surface area contributed by atoms with Gasteiger partial charge in [0.05, 0.1) is 5.69 Å². The molecule has 3 aromatic rings. The Morgan fingerprint density at radius 1 is 1.03 bits per heavy atom. The summed E-state index contributed by atoms with van der Waals surface area (Å²) >= 11 is 0. The first kappa shape index (κ1) is 22.4. The number of ether oxygens (including phenoxy) is 2. The Balaban J connectivity index is 1.43. The fourth-order valence-electron chi connectivity index (χ4n) is 3.77. The van der Waals surface area contributed by atoms with Crippen LogP contribution in [0.15, 0.2) is 72.8 Å². The van der Waals surface area contributed by atoms with Crippen molar-refractivity contribution in [1.29, 1.82) is 0 Å². The van der Waals surface area contributed by atoms with E-state index in [1.165, 1.54) is 5.56 Å². The van der Waals surface area contributed by atoms with E-state index in [4.69, 9.17) is 9.47 Å². The van der Waals surface area contributed by atoms with Crippen LogP contribution in [-0.4, -0.2) is 31.1 Å². The second kappa shape index (κ2) is 10.2. The van der Waals surface area contributed by atoms with Gasteiger partial charge in [-0.25, -0.2) is 0 Å². The van der Waals surface area contributed by atoms with Crippen molar-refractivity contribution in [2.24, 2.45) is 0 Å². The van der Waals surface area contributed by atoms with Gasteiger partial charge < -0.3 is 19.7 Å². The maximum atomic E-state index is 12.8. The Hall–Kier alpha value is -3.80. The second-order valence-electron chi connectivity index (χ2n) is 8.00. The van der Waals surface area contributed by atoms with E-state index in [2.05, 4.69) is 12.2 Å². The van der Waals surface area contributed by atoms with E-state index in [1.807, 2.05) is 54.6 Å². The number of hydrogen-bond acceptors (Lipinski definition) is 4. The Morgan fingerprint density at radius 2 is 1.79 bits per heavy atom. The molecule has 0 spiro atoms. The van der Waals surface area contributed by atoms with Crippen LogP contribution in [0.3, 0.4) is 0 Å². The van der Waals surface area contributed by atoms with Crippen molar-refractivity contribution in [3.8, 4) is 11.5 Å². The van der Waals surface area contributed by atoms with Gasteiger partial charge in [-0.1, -0.05) is 49.4 Å². The number of hydrogen-bond donors (Lipinski definition) is 1. The van der Waals surface area contributed by atoms with Gasteiger partial charge in [0.15, 0.2) is 12.7 Å². The number of carbonyl (C=O) groups is 2. The minimum Gasteiger partial charge on any atom is -0.484 e. The van der Waals surface area contributed by atoms with Gasteiger partial charge in [-0.2, -0.15) is 0 Å². The topological polar surface area (TPSA) is 67.9 Å². The standard InChI is InChI=1S/C27H28N2O4/c1-3-20-9-12-23(13-10-20)32-18-26(30)28-22-11-14-25-24(17-22)29(27(31)19(2)33-25)16-15-21-7-5-4-6-8-21/h4-14,17,19H,3,15-16,18H2,1-2H3,(H,28,30). The van der Waals surface area contributed by atoms with E-state index >= 15 is 0 Å². The van der Waals surface area contributed by atoms with E-state index in [-0.39, 0.29) is 18.4 Å². The molecular formula is C27H28N2O4. The molecule has 0 radical (unpaired) electrons. The lowest BCUT2D eigenvalue weighted by atomic mass is 10.1. The van der Waals surface area contributed by atoms with Crippen LogP contribution in [0, 0.1) is 0 Å². The maximum Gasteiger partial charge on any atom is 0.267 e. The van der Waals surface area contributed by atoms with Crippen LogP contribution in [0.2, 0.25) is 0 Å². The van der Waals surface area contributed by atoms with Crippen LogP contribution in [0.5, 0.6) is 11.5 Å². The Labute approximate surface area is 194 Å². The number of nitrogens with one attached hydrogen (secondary N) is 1. The molecule has 1 atom stereocenters. The number of nitrogens with zero attached hydrogens (tertiary/aromatic N) is 1. The van der Waals surface area contributed by atoms with Crippen molar-refractivity contribution in [3.63, 3.8) is 0 Å². The zero-order valence-corrected chi connectivity index (χ0v) is 18.9. The van der Waals surface area contributed by atoms with E-state index in [0.717, 1.165) is 18.4 Å². The van der Waals surface area contributed by atoms with Crippen molar-refractivity contribution in [2.45, 2.75) is 32.8 Å². The summed E-state index contributed by atoms with van der Waals surface area (Å²) in [6.45, 7) is 4.26. The third kappa shape index (κ3) is 5.52. The lowest BCUT2D eigenvalue weighted by Crippen LogP contribution is -2.45. The monoisotopic (exact) mass is 444 g/mol. The highest BCUT2D eigenvalue weighted by Gasteiger charge is 2.31. The molecule has 1 aliphatic heterocycles. The Kier molecular flexibility index (Phi) is 6.93. The molecule has 6 heteroatoms. The number of carbonyl (C=O) groups excluding carboxylic acids is 2. The quantitative estimate of drug-likeness (QED) is 0.550. The van der Waals surface area contributed by atoms with Crippen molar-refractivity contribution in [3.05, 3.63) is 83.9 Å². The molecule has 0 saturated heterocycles. The largest absolute Gasteiger partial charge is 0.484 e. The zero-order valence-electron chi connectivity index (χ0n) is 18.9. The first-order valence-corrected chi connectivity index (χ1v) is 11.2. The minimum atomic E-state index is -0.554. The van der Waals surface area contributed by atoms with Crippen LogP contribution in [-0.2, 0) is 22.4 Å². The molecule has 170 valence electrons. The fourth-order valence-corrected chi connectivity index (χ4v) is 3.77. The first-order chi connectivity index (χ1) is 16.0. The molecule has 0 saturated carbocycles. The van der Waals surface area contributed by atoms with E-state index in [9.17, 15) is 9.59 Å². The number of aryl methyl sites for hydroxylation is 1. The number of fused-ring (bicyclic) bond motifs is 1. The van der Waals surface area contributed by atoms with E-state index in [1.54, 1.807) is 30.0 Å². The maximum absolute atomic E-state index is 12.8. The van der Waals surface area contributed by atoms with E-state index < -0.39 is 6.10 Å². The lowest BCUT2D eigenvalue weighted by Gasteiger charge is -2.33. The fraction of sp³-hybridized carbons (Fsp3) is 0.259. The lowest BCUT2D eigenvalue weighted by molar-refractivity contribution is -0.125. The summed E-state index contributed by atoms with van der Waals surface area (Å²) in [6.07, 6.45) is 1.12. The molecule has 1 heterocycles. The van der Waals surface area contributed by atoms with Crippen LogP contribution >= 0.6 is 0 Å². The molecule has 0 aromatic heterocycles. The summed E-state index contributed by atoms with van der Waals surface area (Å²) in [5.41, 5.74) is 3.60. The van der Waals surface area contributed by atoms with Crippen LogP contribution < -0.4 is 19.7 Å². The SMILES string of the molecule is CCc1ccc(OCC(=O)Nc2ccc3c(c2)N(CCc2ccccc2)C(=O)C(C)O3)cc1. The van der Waals surface area contributed by atoms with Crippen LogP contribution in [0.25, 0.3) is 0 Å². The van der Waals surface area contributed by atoms with Gasteiger partial charge in [0.25, 0.3) is 11.8 Å². The summed E-state index contributed by atoms with van der Waals surface area (Å²) in [5, 5.41) is 2.85. The number of anilines is 2. The molecule has 0 bridgehead atoms. The Bertz CT molecular complexity index is 1110. The highest BCUT2D eigenvalue weighted by Crippen LogP contribution is 2.36. The van der Waals surface area contributed by atoms with Crippen molar-refractivity contribution in [1.82, 2.24) is 0 Å². The van der Waals surface area contributed by atoms with Gasteiger partial charge in [-0.05, 0) is 61.2 Å². The van der Waals surface area contributed by atoms with Crippen LogP contribution in [0.1, 0.15) is 25.0 Å². The minimum absolute atomic E-state index is 0.0965.